The van der Waals surface area contributed by atoms with Crippen molar-refractivity contribution in [1.82, 2.24) is 10.2 Å². The molecule has 1 saturated carbocycles. The minimum absolute atomic E-state index is 0.0291. The van der Waals surface area contributed by atoms with Crippen LogP contribution in [0.1, 0.15) is 44.9 Å². The molecule has 6 nitrogen and oxygen atoms in total. The highest BCUT2D eigenvalue weighted by molar-refractivity contribution is 5.80. The molecule has 1 aromatic carbocycles. The van der Waals surface area contributed by atoms with Gasteiger partial charge in [-0.15, -0.1) is 0 Å². The van der Waals surface area contributed by atoms with E-state index in [4.69, 9.17) is 0 Å². The van der Waals surface area contributed by atoms with Crippen molar-refractivity contribution < 1.29 is 18.4 Å². The van der Waals surface area contributed by atoms with Crippen molar-refractivity contribution in [2.45, 2.75) is 44.9 Å². The fourth-order valence-corrected chi connectivity index (χ4v) is 4.64. The smallest absolute Gasteiger partial charge is 0.221 e. The third-order valence-corrected chi connectivity index (χ3v) is 6.59. The van der Waals surface area contributed by atoms with Crippen LogP contribution in [0, 0.1) is 17.6 Å². The van der Waals surface area contributed by atoms with E-state index in [1.165, 1.54) is 57.7 Å². The Hall–Kier alpha value is -2.22. The van der Waals surface area contributed by atoms with E-state index in [0.29, 0.717) is 12.1 Å². The Morgan fingerprint density at radius 1 is 1.13 bits per heavy atom. The van der Waals surface area contributed by atoms with Gasteiger partial charge in [-0.3, -0.25) is 14.5 Å². The van der Waals surface area contributed by atoms with Gasteiger partial charge in [0, 0.05) is 51.9 Å². The number of halogens is 2. The first-order chi connectivity index (χ1) is 15.0. The Kier molecular flexibility index (Phi) is 8.63. The summed E-state index contributed by atoms with van der Waals surface area (Å²) in [5.41, 5.74) is 0.0802. The summed E-state index contributed by atoms with van der Waals surface area (Å²) in [5, 5.41) is 2.43. The third-order valence-electron chi connectivity index (χ3n) is 6.59. The van der Waals surface area contributed by atoms with Gasteiger partial charge >= 0.3 is 0 Å². The highest BCUT2D eigenvalue weighted by Crippen LogP contribution is 2.30. The van der Waals surface area contributed by atoms with E-state index in [1.54, 1.807) is 0 Å². The Morgan fingerprint density at radius 2 is 1.77 bits per heavy atom. The fraction of sp³-hybridized carbons (Fsp3) is 0.652. The Labute approximate surface area is 183 Å². The standard InChI is InChI=1S/C23H34F2N4O2/c1-26-22(31)8-10-29(17-30)23-20(24)15-19(16-21(23)25)28-13-11-27(12-14-28)9-7-18-5-3-2-4-6-18/h15-18H,2-14H2,1H3,(H,26,31). The first-order valence-corrected chi connectivity index (χ1v) is 11.4. The second-order valence-electron chi connectivity index (χ2n) is 8.60. The van der Waals surface area contributed by atoms with Gasteiger partial charge in [0.2, 0.25) is 12.3 Å². The van der Waals surface area contributed by atoms with Crippen molar-refractivity contribution in [2.75, 3.05) is 56.1 Å². The van der Waals surface area contributed by atoms with Gasteiger partial charge in [-0.25, -0.2) is 8.78 Å². The first-order valence-electron chi connectivity index (χ1n) is 11.4. The molecule has 1 heterocycles. The quantitative estimate of drug-likeness (QED) is 0.605. The van der Waals surface area contributed by atoms with Crippen LogP contribution in [0.3, 0.4) is 0 Å². The molecular formula is C23H34F2N4O2. The maximum absolute atomic E-state index is 14.7. The zero-order chi connectivity index (χ0) is 22.2. The van der Waals surface area contributed by atoms with Crippen LogP contribution in [-0.2, 0) is 9.59 Å². The van der Waals surface area contributed by atoms with E-state index < -0.39 is 17.3 Å². The molecule has 1 aliphatic heterocycles. The molecule has 0 radical (unpaired) electrons. The van der Waals surface area contributed by atoms with Gasteiger partial charge in [0.25, 0.3) is 0 Å². The number of hydrogen-bond acceptors (Lipinski definition) is 4. The summed E-state index contributed by atoms with van der Waals surface area (Å²) < 4.78 is 29.5. The summed E-state index contributed by atoms with van der Waals surface area (Å²) in [6.07, 6.45) is 8.37. The summed E-state index contributed by atoms with van der Waals surface area (Å²) in [4.78, 5) is 28.1. The molecule has 31 heavy (non-hydrogen) atoms. The molecule has 1 N–H and O–H groups in total. The first kappa shape index (κ1) is 23.4. The molecule has 2 fully saturated rings. The fourth-order valence-electron chi connectivity index (χ4n) is 4.64. The SMILES string of the molecule is CNC(=O)CCN(C=O)c1c(F)cc(N2CCN(CCC3CCCCC3)CC2)cc1F. The maximum atomic E-state index is 14.7. The molecule has 1 saturated heterocycles. The number of rotatable bonds is 9. The van der Waals surface area contributed by atoms with Crippen molar-refractivity contribution in [3.8, 4) is 0 Å². The minimum Gasteiger partial charge on any atom is -0.369 e. The van der Waals surface area contributed by atoms with E-state index in [9.17, 15) is 18.4 Å². The number of carbonyl (C=O) groups excluding carboxylic acids is 2. The van der Waals surface area contributed by atoms with Crippen molar-refractivity contribution in [3.63, 3.8) is 0 Å². The predicted molar refractivity (Wildman–Crippen MR) is 118 cm³/mol. The lowest BCUT2D eigenvalue weighted by molar-refractivity contribution is -0.120. The van der Waals surface area contributed by atoms with Gasteiger partial charge in [0.15, 0.2) is 11.6 Å². The molecule has 3 rings (SSSR count). The zero-order valence-electron chi connectivity index (χ0n) is 18.4. The molecule has 0 atom stereocenters. The highest BCUT2D eigenvalue weighted by Gasteiger charge is 2.23. The van der Waals surface area contributed by atoms with Crippen LogP contribution in [0.5, 0.6) is 0 Å². The lowest BCUT2D eigenvalue weighted by Crippen LogP contribution is -2.47. The van der Waals surface area contributed by atoms with Gasteiger partial charge < -0.3 is 15.1 Å². The summed E-state index contributed by atoms with van der Waals surface area (Å²) in [7, 11) is 1.47. The summed E-state index contributed by atoms with van der Waals surface area (Å²) in [6, 6.07) is 2.57. The van der Waals surface area contributed by atoms with Crippen LogP contribution in [-0.4, -0.2) is 63.5 Å². The summed E-state index contributed by atoms with van der Waals surface area (Å²) in [5.74, 6) is -1.03. The van der Waals surface area contributed by atoms with Gasteiger partial charge in [-0.05, 0) is 31.0 Å². The molecule has 2 aliphatic rings. The molecule has 0 bridgehead atoms. The van der Waals surface area contributed by atoms with Crippen molar-refractivity contribution >= 4 is 23.7 Å². The lowest BCUT2D eigenvalue weighted by Gasteiger charge is -2.37. The number of piperazine rings is 1. The number of amides is 2. The van der Waals surface area contributed by atoms with E-state index in [-0.39, 0.29) is 18.9 Å². The van der Waals surface area contributed by atoms with Crippen molar-refractivity contribution in [2.24, 2.45) is 5.92 Å². The number of nitrogens with zero attached hydrogens (tertiary/aromatic N) is 3. The second-order valence-corrected chi connectivity index (χ2v) is 8.60. The van der Waals surface area contributed by atoms with E-state index in [1.807, 2.05) is 4.90 Å². The number of nitrogens with one attached hydrogen (secondary N) is 1. The van der Waals surface area contributed by atoms with E-state index in [0.717, 1.165) is 43.5 Å². The molecule has 0 spiro atoms. The van der Waals surface area contributed by atoms with Gasteiger partial charge in [0.05, 0.1) is 0 Å². The van der Waals surface area contributed by atoms with E-state index >= 15 is 0 Å². The monoisotopic (exact) mass is 436 g/mol. The molecule has 8 heteroatoms. The topological polar surface area (TPSA) is 55.9 Å². The van der Waals surface area contributed by atoms with Gasteiger partial charge in [0.1, 0.15) is 5.69 Å². The normalized spacial score (nSPS) is 18.1. The average molecular weight is 437 g/mol. The van der Waals surface area contributed by atoms with Gasteiger partial charge in [-0.1, -0.05) is 32.1 Å². The van der Waals surface area contributed by atoms with Crippen LogP contribution < -0.4 is 15.1 Å². The number of hydrogen-bond donors (Lipinski definition) is 1. The van der Waals surface area contributed by atoms with E-state index in [2.05, 4.69) is 10.2 Å². The van der Waals surface area contributed by atoms with Crippen LogP contribution in [0.15, 0.2) is 12.1 Å². The molecule has 1 aromatic rings. The third kappa shape index (κ3) is 6.38. The minimum atomic E-state index is -0.793. The molecule has 0 aromatic heterocycles. The van der Waals surface area contributed by atoms with Gasteiger partial charge in [-0.2, -0.15) is 0 Å². The molecule has 172 valence electrons. The number of carbonyl (C=O) groups is 2. The van der Waals surface area contributed by atoms with Crippen LogP contribution in [0.25, 0.3) is 0 Å². The lowest BCUT2D eigenvalue weighted by atomic mass is 9.87. The predicted octanol–water partition coefficient (Wildman–Crippen LogP) is 3.16. The van der Waals surface area contributed by atoms with Crippen LogP contribution in [0.2, 0.25) is 0 Å². The Balaban J connectivity index is 1.56. The van der Waals surface area contributed by atoms with Crippen molar-refractivity contribution in [1.29, 1.82) is 0 Å². The van der Waals surface area contributed by atoms with Crippen molar-refractivity contribution in [3.05, 3.63) is 23.8 Å². The molecule has 0 unspecified atom stereocenters. The number of benzene rings is 1. The second kappa shape index (κ2) is 11.4. The zero-order valence-corrected chi connectivity index (χ0v) is 18.4. The summed E-state index contributed by atoms with van der Waals surface area (Å²) in [6.45, 7) is 4.21. The molecule has 2 amide bonds. The van der Waals surface area contributed by atoms with Crippen LogP contribution in [0.4, 0.5) is 20.2 Å². The maximum Gasteiger partial charge on any atom is 0.221 e. The Morgan fingerprint density at radius 3 is 2.35 bits per heavy atom. The van der Waals surface area contributed by atoms with Crippen LogP contribution >= 0.6 is 0 Å². The molecule has 1 aliphatic carbocycles. The summed E-state index contributed by atoms with van der Waals surface area (Å²) >= 11 is 0. The Bertz CT molecular complexity index is 724. The highest BCUT2D eigenvalue weighted by atomic mass is 19.1. The molecular weight excluding hydrogens is 402 g/mol. The largest absolute Gasteiger partial charge is 0.369 e. The average Bonchev–Trinajstić information content (AvgIpc) is 2.80. The number of anilines is 2.